The lowest BCUT2D eigenvalue weighted by molar-refractivity contribution is 0.960. The number of aromatic nitrogens is 4. The third kappa shape index (κ3) is 2.39. The molecule has 1 aromatic carbocycles. The van der Waals surface area contributed by atoms with E-state index in [2.05, 4.69) is 32.8 Å². The number of fused-ring (bicyclic) bond motifs is 1. The van der Waals surface area contributed by atoms with Gasteiger partial charge in [0.2, 0.25) is 4.96 Å². The summed E-state index contributed by atoms with van der Waals surface area (Å²) in [6.45, 7) is 0. The van der Waals surface area contributed by atoms with Gasteiger partial charge in [-0.3, -0.25) is 0 Å². The normalized spacial score (nSPS) is 11.6. The first-order valence-electron chi connectivity index (χ1n) is 6.39. The highest BCUT2D eigenvalue weighted by Crippen LogP contribution is 2.22. The highest BCUT2D eigenvalue weighted by atomic mass is 32.1. The van der Waals surface area contributed by atoms with Crippen LogP contribution in [0.5, 0.6) is 0 Å². The number of thiophene rings is 1. The van der Waals surface area contributed by atoms with Gasteiger partial charge in [-0.05, 0) is 23.6 Å². The summed E-state index contributed by atoms with van der Waals surface area (Å²) in [5.74, 6) is 0.776. The van der Waals surface area contributed by atoms with Crippen LogP contribution in [0.25, 0.3) is 28.5 Å². The molecule has 0 saturated heterocycles. The molecule has 0 aliphatic rings. The molecule has 3 heterocycles. The molecular formula is C15H10N4S2. The van der Waals surface area contributed by atoms with Gasteiger partial charge >= 0.3 is 0 Å². The van der Waals surface area contributed by atoms with Crippen molar-refractivity contribution in [2.45, 2.75) is 0 Å². The van der Waals surface area contributed by atoms with E-state index in [1.165, 1.54) is 16.2 Å². The van der Waals surface area contributed by atoms with Crippen LogP contribution >= 0.6 is 22.7 Å². The van der Waals surface area contributed by atoms with Crippen molar-refractivity contribution in [3.63, 3.8) is 0 Å². The first-order chi connectivity index (χ1) is 10.4. The van der Waals surface area contributed by atoms with Crippen LogP contribution in [-0.2, 0) is 0 Å². The number of benzene rings is 1. The summed E-state index contributed by atoms with van der Waals surface area (Å²) in [5.41, 5.74) is 1.02. The van der Waals surface area contributed by atoms with Gasteiger partial charge in [-0.25, -0.2) is 0 Å². The fourth-order valence-corrected chi connectivity index (χ4v) is 3.36. The van der Waals surface area contributed by atoms with E-state index in [1.807, 2.05) is 42.5 Å². The summed E-state index contributed by atoms with van der Waals surface area (Å²) in [5, 5.41) is 16.0. The Morgan fingerprint density at radius 3 is 2.67 bits per heavy atom. The molecule has 0 N–H and O–H groups in total. The average Bonchev–Trinajstić information content (AvgIpc) is 3.22. The topological polar surface area (TPSA) is 43.1 Å². The molecule has 0 unspecified atom stereocenters. The van der Waals surface area contributed by atoms with Crippen molar-refractivity contribution in [2.75, 3.05) is 0 Å². The van der Waals surface area contributed by atoms with Gasteiger partial charge in [0.25, 0.3) is 0 Å². The zero-order chi connectivity index (χ0) is 14.1. The third-order valence-corrected chi connectivity index (χ3v) is 4.67. The number of rotatable bonds is 3. The minimum Gasteiger partial charge on any atom is -0.182 e. The maximum atomic E-state index is 4.58. The molecule has 21 heavy (non-hydrogen) atoms. The molecule has 0 aliphatic heterocycles. The Hall–Kier alpha value is -2.31. The van der Waals surface area contributed by atoms with Gasteiger partial charge in [-0.1, -0.05) is 47.7 Å². The molecule has 0 bridgehead atoms. The molecule has 4 aromatic rings. The second-order valence-corrected chi connectivity index (χ2v) is 6.34. The Morgan fingerprint density at radius 1 is 0.952 bits per heavy atom. The lowest BCUT2D eigenvalue weighted by Crippen LogP contribution is -1.90. The first-order valence-corrected chi connectivity index (χ1v) is 8.09. The lowest BCUT2D eigenvalue weighted by atomic mass is 10.2. The number of nitrogens with zero attached hydrogens (tertiary/aromatic N) is 4. The van der Waals surface area contributed by atoms with E-state index in [-0.39, 0.29) is 0 Å². The van der Waals surface area contributed by atoms with E-state index in [9.17, 15) is 0 Å². The molecule has 0 radical (unpaired) electrons. The van der Waals surface area contributed by atoms with Crippen LogP contribution < -0.4 is 0 Å². The van der Waals surface area contributed by atoms with Crippen molar-refractivity contribution in [3.8, 4) is 11.4 Å². The maximum Gasteiger partial charge on any atom is 0.235 e. The van der Waals surface area contributed by atoms with Gasteiger partial charge in [0, 0.05) is 10.4 Å². The van der Waals surface area contributed by atoms with E-state index < -0.39 is 0 Å². The Bertz CT molecular complexity index is 888. The van der Waals surface area contributed by atoms with Crippen molar-refractivity contribution < 1.29 is 0 Å². The van der Waals surface area contributed by atoms with Gasteiger partial charge in [-0.2, -0.15) is 9.61 Å². The van der Waals surface area contributed by atoms with Crippen molar-refractivity contribution in [3.05, 3.63) is 57.7 Å². The third-order valence-electron chi connectivity index (χ3n) is 2.97. The predicted octanol–water partition coefficient (Wildman–Crippen LogP) is 4.08. The maximum absolute atomic E-state index is 4.58. The predicted molar refractivity (Wildman–Crippen MR) is 87.3 cm³/mol. The highest BCUT2D eigenvalue weighted by Gasteiger charge is 2.11. The number of hydrogen-bond acceptors (Lipinski definition) is 5. The Morgan fingerprint density at radius 2 is 1.86 bits per heavy atom. The van der Waals surface area contributed by atoms with Crippen molar-refractivity contribution in [2.24, 2.45) is 0 Å². The van der Waals surface area contributed by atoms with E-state index in [0.29, 0.717) is 0 Å². The second-order valence-electron chi connectivity index (χ2n) is 4.37. The summed E-state index contributed by atoms with van der Waals surface area (Å²) in [4.78, 5) is 2.02. The summed E-state index contributed by atoms with van der Waals surface area (Å²) in [6, 6.07) is 14.1. The Balaban J connectivity index is 1.73. The largest absolute Gasteiger partial charge is 0.235 e. The standard InChI is InChI=1S/C15H10N4S2/c1-2-5-11(6-3-1)14-16-17-15-19(14)18-13(21-15)9-8-12-7-4-10-20-12/h1-10H. The van der Waals surface area contributed by atoms with Crippen LogP contribution in [0, 0.1) is 0 Å². The molecule has 0 spiro atoms. The van der Waals surface area contributed by atoms with Crippen molar-refractivity contribution >= 4 is 39.8 Å². The zero-order valence-corrected chi connectivity index (χ0v) is 12.5. The minimum atomic E-state index is 0.776. The fraction of sp³-hybridized carbons (Fsp3) is 0. The molecule has 4 nitrogen and oxygen atoms in total. The Kier molecular flexibility index (Phi) is 3.10. The van der Waals surface area contributed by atoms with Crippen LogP contribution in [0.1, 0.15) is 9.88 Å². The summed E-state index contributed by atoms with van der Waals surface area (Å²) >= 11 is 3.24. The van der Waals surface area contributed by atoms with Crippen LogP contribution in [-0.4, -0.2) is 19.8 Å². The first kappa shape index (κ1) is 12.4. The van der Waals surface area contributed by atoms with Crippen LogP contribution in [0.3, 0.4) is 0 Å². The van der Waals surface area contributed by atoms with Crippen LogP contribution in [0.2, 0.25) is 0 Å². The molecule has 102 valence electrons. The number of hydrogen-bond donors (Lipinski definition) is 0. The molecule has 6 heteroatoms. The summed E-state index contributed by atoms with van der Waals surface area (Å²) < 4.78 is 1.80. The van der Waals surface area contributed by atoms with Crippen LogP contribution in [0.15, 0.2) is 47.8 Å². The van der Waals surface area contributed by atoms with Gasteiger partial charge < -0.3 is 0 Å². The van der Waals surface area contributed by atoms with Gasteiger partial charge in [0.15, 0.2) is 5.82 Å². The molecule has 0 saturated carbocycles. The fourth-order valence-electron chi connectivity index (χ4n) is 2.01. The van der Waals surface area contributed by atoms with Crippen LogP contribution in [0.4, 0.5) is 0 Å². The molecule has 0 aliphatic carbocycles. The summed E-state index contributed by atoms with van der Waals surface area (Å²) in [7, 11) is 0. The quantitative estimate of drug-likeness (QED) is 0.572. The zero-order valence-electron chi connectivity index (χ0n) is 10.9. The van der Waals surface area contributed by atoms with E-state index in [0.717, 1.165) is 21.4 Å². The molecule has 3 aromatic heterocycles. The lowest BCUT2D eigenvalue weighted by Gasteiger charge is -1.94. The van der Waals surface area contributed by atoms with E-state index in [1.54, 1.807) is 15.9 Å². The van der Waals surface area contributed by atoms with Crippen molar-refractivity contribution in [1.82, 2.24) is 19.8 Å². The second kappa shape index (κ2) is 5.23. The van der Waals surface area contributed by atoms with E-state index >= 15 is 0 Å². The van der Waals surface area contributed by atoms with Gasteiger partial charge in [-0.15, -0.1) is 21.5 Å². The van der Waals surface area contributed by atoms with Gasteiger partial charge in [0.05, 0.1) is 0 Å². The molecular weight excluding hydrogens is 300 g/mol. The molecule has 0 fully saturated rings. The highest BCUT2D eigenvalue weighted by molar-refractivity contribution is 7.17. The van der Waals surface area contributed by atoms with Crippen molar-refractivity contribution in [1.29, 1.82) is 0 Å². The summed E-state index contributed by atoms with van der Waals surface area (Å²) in [6.07, 6.45) is 4.08. The minimum absolute atomic E-state index is 0.776. The smallest absolute Gasteiger partial charge is 0.182 e. The molecule has 0 atom stereocenters. The van der Waals surface area contributed by atoms with Gasteiger partial charge in [0.1, 0.15) is 5.01 Å². The Labute approximate surface area is 129 Å². The average molecular weight is 310 g/mol. The molecule has 0 amide bonds. The molecule has 4 rings (SSSR count). The monoisotopic (exact) mass is 310 g/mol. The SMILES string of the molecule is C(=Cc1nn2c(-c3ccccc3)nnc2s1)c1cccs1. The van der Waals surface area contributed by atoms with E-state index in [4.69, 9.17) is 0 Å².